The standard InChI is InChI=1S/C13H17BrO5/c1-16-11(15)13(19-4,12(17-2)18-3)9-5-7-10(14)8-6-9/h5-8,12H,1-4H3/t13-/m0/s1. The van der Waals surface area contributed by atoms with Gasteiger partial charge in [-0.3, -0.25) is 0 Å². The Morgan fingerprint density at radius 2 is 1.63 bits per heavy atom. The molecule has 1 aromatic rings. The summed E-state index contributed by atoms with van der Waals surface area (Å²) in [5.41, 5.74) is -0.891. The van der Waals surface area contributed by atoms with E-state index in [1.807, 2.05) is 0 Å². The molecule has 0 heterocycles. The van der Waals surface area contributed by atoms with Crippen molar-refractivity contribution in [3.05, 3.63) is 34.3 Å². The molecule has 1 atom stereocenters. The third-order valence-corrected chi connectivity index (χ3v) is 3.37. The van der Waals surface area contributed by atoms with E-state index in [2.05, 4.69) is 15.9 Å². The molecule has 0 saturated carbocycles. The summed E-state index contributed by atoms with van der Waals surface area (Å²) in [5.74, 6) is -0.592. The van der Waals surface area contributed by atoms with Crippen molar-refractivity contribution in [2.24, 2.45) is 0 Å². The van der Waals surface area contributed by atoms with Gasteiger partial charge in [0, 0.05) is 31.4 Å². The van der Waals surface area contributed by atoms with Gasteiger partial charge in [-0.05, 0) is 12.1 Å². The first kappa shape index (κ1) is 16.1. The third-order valence-electron chi connectivity index (χ3n) is 2.84. The Balaban J connectivity index is 3.39. The van der Waals surface area contributed by atoms with Crippen LogP contribution in [0.25, 0.3) is 0 Å². The van der Waals surface area contributed by atoms with Crippen LogP contribution < -0.4 is 0 Å². The van der Waals surface area contributed by atoms with Crippen LogP contribution in [0.3, 0.4) is 0 Å². The molecule has 0 saturated heterocycles. The van der Waals surface area contributed by atoms with Crippen LogP contribution in [0.15, 0.2) is 28.7 Å². The molecule has 1 rings (SSSR count). The topological polar surface area (TPSA) is 54.0 Å². The number of ether oxygens (including phenoxy) is 4. The molecule has 0 radical (unpaired) electrons. The first-order valence-electron chi connectivity index (χ1n) is 5.52. The van der Waals surface area contributed by atoms with Gasteiger partial charge in [0.05, 0.1) is 7.11 Å². The molecule has 0 unspecified atom stereocenters. The van der Waals surface area contributed by atoms with Crippen molar-refractivity contribution in [3.63, 3.8) is 0 Å². The zero-order valence-electron chi connectivity index (χ0n) is 11.3. The van der Waals surface area contributed by atoms with Crippen LogP contribution >= 0.6 is 15.9 Å². The molecule has 0 aliphatic rings. The summed E-state index contributed by atoms with van der Waals surface area (Å²) in [7, 11) is 5.56. The lowest BCUT2D eigenvalue weighted by Gasteiger charge is -2.35. The molecule has 106 valence electrons. The van der Waals surface area contributed by atoms with E-state index in [0.29, 0.717) is 5.56 Å². The molecule has 1 aromatic carbocycles. The average molecular weight is 333 g/mol. The van der Waals surface area contributed by atoms with Crippen molar-refractivity contribution >= 4 is 21.9 Å². The molecule has 0 bridgehead atoms. The molecule has 0 aromatic heterocycles. The zero-order valence-corrected chi connectivity index (χ0v) is 12.9. The predicted octanol–water partition coefficient (Wildman–Crippen LogP) is 2.08. The van der Waals surface area contributed by atoms with Gasteiger partial charge in [-0.25, -0.2) is 4.79 Å². The van der Waals surface area contributed by atoms with E-state index in [0.717, 1.165) is 4.47 Å². The quantitative estimate of drug-likeness (QED) is 0.589. The fourth-order valence-electron chi connectivity index (χ4n) is 1.92. The molecule has 0 N–H and O–H groups in total. The second-order valence-electron chi connectivity index (χ2n) is 3.74. The Morgan fingerprint density at radius 3 is 2.00 bits per heavy atom. The molecular formula is C13H17BrO5. The Bertz CT molecular complexity index is 416. The number of benzene rings is 1. The summed E-state index contributed by atoms with van der Waals surface area (Å²) < 4.78 is 21.6. The van der Waals surface area contributed by atoms with Crippen molar-refractivity contribution < 1.29 is 23.7 Å². The largest absolute Gasteiger partial charge is 0.466 e. The van der Waals surface area contributed by atoms with Crippen molar-refractivity contribution in [1.82, 2.24) is 0 Å². The van der Waals surface area contributed by atoms with Crippen molar-refractivity contribution in [2.45, 2.75) is 11.9 Å². The molecule has 0 amide bonds. The van der Waals surface area contributed by atoms with Gasteiger partial charge in [-0.2, -0.15) is 0 Å². The zero-order chi connectivity index (χ0) is 14.5. The van der Waals surface area contributed by atoms with E-state index in [4.69, 9.17) is 18.9 Å². The maximum absolute atomic E-state index is 12.2. The molecule has 0 aliphatic heterocycles. The van der Waals surface area contributed by atoms with E-state index in [-0.39, 0.29) is 0 Å². The van der Waals surface area contributed by atoms with Crippen LogP contribution in [0.5, 0.6) is 0 Å². The highest BCUT2D eigenvalue weighted by Crippen LogP contribution is 2.33. The Morgan fingerprint density at radius 1 is 1.11 bits per heavy atom. The van der Waals surface area contributed by atoms with Crippen molar-refractivity contribution in [2.75, 3.05) is 28.4 Å². The lowest BCUT2D eigenvalue weighted by atomic mass is 9.92. The predicted molar refractivity (Wildman–Crippen MR) is 72.7 cm³/mol. The van der Waals surface area contributed by atoms with Crippen LogP contribution in [0.4, 0.5) is 0 Å². The van der Waals surface area contributed by atoms with Crippen molar-refractivity contribution in [3.8, 4) is 0 Å². The molecule has 0 fully saturated rings. The SMILES string of the molecule is COC(=O)[C@@](OC)(c1ccc(Br)cc1)C(OC)OC. The maximum atomic E-state index is 12.2. The highest BCUT2D eigenvalue weighted by Gasteiger charge is 2.50. The minimum atomic E-state index is -1.47. The van der Waals surface area contributed by atoms with Crippen LogP contribution in [-0.4, -0.2) is 40.7 Å². The normalized spacial score (nSPS) is 14.2. The summed E-state index contributed by atoms with van der Waals surface area (Å²) in [4.78, 5) is 12.2. The maximum Gasteiger partial charge on any atom is 0.348 e. The van der Waals surface area contributed by atoms with Crippen LogP contribution in [0.1, 0.15) is 5.56 Å². The number of halogens is 1. The highest BCUT2D eigenvalue weighted by atomic mass is 79.9. The summed E-state index contributed by atoms with van der Waals surface area (Å²) in [6, 6.07) is 7.09. The number of methoxy groups -OCH3 is 4. The molecule has 0 spiro atoms. The number of hydrogen-bond acceptors (Lipinski definition) is 5. The summed E-state index contributed by atoms with van der Waals surface area (Å²) in [6.07, 6.45) is -0.925. The monoisotopic (exact) mass is 332 g/mol. The Labute approximate surface area is 120 Å². The van der Waals surface area contributed by atoms with Gasteiger partial charge < -0.3 is 18.9 Å². The summed E-state index contributed by atoms with van der Waals surface area (Å²) in [6.45, 7) is 0. The van der Waals surface area contributed by atoms with Gasteiger partial charge >= 0.3 is 5.97 Å². The van der Waals surface area contributed by atoms with Gasteiger partial charge in [0.1, 0.15) is 0 Å². The first-order valence-corrected chi connectivity index (χ1v) is 6.31. The molecule has 5 nitrogen and oxygen atoms in total. The van der Waals surface area contributed by atoms with E-state index >= 15 is 0 Å². The number of carbonyl (C=O) groups excluding carboxylic acids is 1. The smallest absolute Gasteiger partial charge is 0.348 e. The van der Waals surface area contributed by atoms with E-state index < -0.39 is 17.9 Å². The van der Waals surface area contributed by atoms with E-state index in [1.165, 1.54) is 28.4 Å². The highest BCUT2D eigenvalue weighted by molar-refractivity contribution is 9.10. The summed E-state index contributed by atoms with van der Waals surface area (Å²) >= 11 is 3.34. The van der Waals surface area contributed by atoms with Crippen LogP contribution in [0.2, 0.25) is 0 Å². The van der Waals surface area contributed by atoms with E-state index in [9.17, 15) is 4.79 Å². The second-order valence-corrected chi connectivity index (χ2v) is 4.66. The number of hydrogen-bond donors (Lipinski definition) is 0. The second kappa shape index (κ2) is 7.00. The lowest BCUT2D eigenvalue weighted by Crippen LogP contribution is -2.50. The molecular weight excluding hydrogens is 316 g/mol. The Kier molecular flexibility index (Phi) is 5.93. The van der Waals surface area contributed by atoms with Gasteiger partial charge in [0.25, 0.3) is 0 Å². The van der Waals surface area contributed by atoms with Crippen LogP contribution in [0, 0.1) is 0 Å². The average Bonchev–Trinajstić information content (AvgIpc) is 2.45. The van der Waals surface area contributed by atoms with Gasteiger partial charge in [0.15, 0.2) is 0 Å². The lowest BCUT2D eigenvalue weighted by molar-refractivity contribution is -0.240. The fourth-order valence-corrected chi connectivity index (χ4v) is 2.19. The number of rotatable bonds is 6. The van der Waals surface area contributed by atoms with Gasteiger partial charge in [-0.15, -0.1) is 0 Å². The minimum Gasteiger partial charge on any atom is -0.466 e. The number of esters is 1. The molecule has 0 aliphatic carbocycles. The van der Waals surface area contributed by atoms with Gasteiger partial charge in [-0.1, -0.05) is 28.1 Å². The first-order chi connectivity index (χ1) is 9.06. The number of carbonyl (C=O) groups is 1. The van der Waals surface area contributed by atoms with Gasteiger partial charge in [0.2, 0.25) is 11.9 Å². The van der Waals surface area contributed by atoms with Crippen molar-refractivity contribution in [1.29, 1.82) is 0 Å². The minimum absolute atomic E-state index is 0.582. The Hall–Kier alpha value is -0.950. The third kappa shape index (κ3) is 2.97. The van der Waals surface area contributed by atoms with Crippen LogP contribution in [-0.2, 0) is 29.3 Å². The molecule has 6 heteroatoms. The molecule has 19 heavy (non-hydrogen) atoms. The summed E-state index contributed by atoms with van der Waals surface area (Å²) in [5, 5.41) is 0. The van der Waals surface area contributed by atoms with E-state index in [1.54, 1.807) is 24.3 Å². The fraction of sp³-hybridized carbons (Fsp3) is 0.462.